The number of aryl methyl sites for hydroxylation is 1. The van der Waals surface area contributed by atoms with Crippen LogP contribution in [0.2, 0.25) is 0 Å². The second kappa shape index (κ2) is 9.21. The molecule has 0 saturated heterocycles. The molecule has 0 aliphatic heterocycles. The summed E-state index contributed by atoms with van der Waals surface area (Å²) in [5, 5.41) is 11.2. The van der Waals surface area contributed by atoms with Gasteiger partial charge in [0.25, 0.3) is 0 Å². The molecule has 3 heterocycles. The molecule has 4 aromatic rings. The number of carbonyl (C=O) groups is 1. The van der Waals surface area contributed by atoms with E-state index < -0.39 is 0 Å². The highest BCUT2D eigenvalue weighted by Gasteiger charge is 2.12. The molecule has 9 heteroatoms. The summed E-state index contributed by atoms with van der Waals surface area (Å²) in [6, 6.07) is 13.6. The van der Waals surface area contributed by atoms with Crippen LogP contribution in [-0.4, -0.2) is 44.9 Å². The van der Waals surface area contributed by atoms with Gasteiger partial charge in [0, 0.05) is 56.6 Å². The van der Waals surface area contributed by atoms with Crippen molar-refractivity contribution >= 4 is 17.4 Å². The fourth-order valence-corrected chi connectivity index (χ4v) is 3.04. The Hall–Kier alpha value is -4.01. The molecule has 0 unspecified atom stereocenters. The van der Waals surface area contributed by atoms with Gasteiger partial charge in [0.1, 0.15) is 5.82 Å². The molecule has 9 nitrogen and oxygen atoms in total. The maximum absolute atomic E-state index is 12.4. The van der Waals surface area contributed by atoms with Gasteiger partial charge >= 0.3 is 0 Å². The largest absolute Gasteiger partial charge is 0.378 e. The topological polar surface area (TPSA) is 102 Å². The lowest BCUT2D eigenvalue weighted by Gasteiger charge is -2.13. The first-order valence-corrected chi connectivity index (χ1v) is 9.89. The molecule has 31 heavy (non-hydrogen) atoms. The predicted octanol–water partition coefficient (Wildman–Crippen LogP) is 3.01. The highest BCUT2D eigenvalue weighted by atomic mass is 16.5. The third-order valence-corrected chi connectivity index (χ3v) is 4.74. The van der Waals surface area contributed by atoms with E-state index >= 15 is 0 Å². The maximum Gasteiger partial charge on any atom is 0.227 e. The van der Waals surface area contributed by atoms with Gasteiger partial charge in [-0.25, -0.2) is 4.68 Å². The van der Waals surface area contributed by atoms with Crippen LogP contribution in [0.25, 0.3) is 11.4 Å². The summed E-state index contributed by atoms with van der Waals surface area (Å²) in [7, 11) is 4.01. The molecule has 0 fully saturated rings. The maximum atomic E-state index is 12.4. The number of pyridine rings is 1. The second-order valence-electron chi connectivity index (χ2n) is 7.23. The highest BCUT2D eigenvalue weighted by Crippen LogP contribution is 2.17. The van der Waals surface area contributed by atoms with Crippen LogP contribution < -0.4 is 10.2 Å². The van der Waals surface area contributed by atoms with Crippen LogP contribution in [0.3, 0.4) is 0 Å². The van der Waals surface area contributed by atoms with Crippen molar-refractivity contribution in [3.63, 3.8) is 0 Å². The van der Waals surface area contributed by atoms with E-state index in [4.69, 9.17) is 4.52 Å². The zero-order valence-electron chi connectivity index (χ0n) is 17.4. The molecule has 1 N–H and O–H groups in total. The molecule has 1 amide bonds. The minimum atomic E-state index is -0.145. The van der Waals surface area contributed by atoms with Crippen molar-refractivity contribution < 1.29 is 9.32 Å². The number of hydrogen-bond acceptors (Lipinski definition) is 7. The standard InChI is InChI=1S/C22H23N7O2/c1-28(2)18-5-3-16(4-6-18)15-29-19(11-14-24-29)25-20(30)7-8-21-26-22(27-31-21)17-9-12-23-13-10-17/h3-6,9-14H,7-8,15H2,1-2H3,(H,25,30). The van der Waals surface area contributed by atoms with E-state index in [1.807, 2.05) is 19.0 Å². The first-order chi connectivity index (χ1) is 15.1. The van der Waals surface area contributed by atoms with Gasteiger partial charge in [-0.05, 0) is 29.8 Å². The van der Waals surface area contributed by atoms with Crippen molar-refractivity contribution in [3.8, 4) is 11.4 Å². The third-order valence-electron chi connectivity index (χ3n) is 4.74. The number of aromatic nitrogens is 5. The summed E-state index contributed by atoms with van der Waals surface area (Å²) in [6.07, 6.45) is 5.57. The first-order valence-electron chi connectivity index (χ1n) is 9.89. The summed E-state index contributed by atoms with van der Waals surface area (Å²) in [6.45, 7) is 0.565. The molecule has 1 aromatic carbocycles. The zero-order chi connectivity index (χ0) is 21.6. The molecular weight excluding hydrogens is 394 g/mol. The number of amides is 1. The number of benzene rings is 1. The van der Waals surface area contributed by atoms with E-state index in [1.165, 1.54) is 0 Å². The van der Waals surface area contributed by atoms with Crippen LogP contribution in [0, 0.1) is 0 Å². The third kappa shape index (κ3) is 5.13. The van der Waals surface area contributed by atoms with Gasteiger partial charge in [-0.1, -0.05) is 17.3 Å². The molecule has 0 spiro atoms. The second-order valence-corrected chi connectivity index (χ2v) is 7.23. The molecule has 0 radical (unpaired) electrons. The summed E-state index contributed by atoms with van der Waals surface area (Å²) in [5.41, 5.74) is 3.04. The monoisotopic (exact) mass is 417 g/mol. The molecule has 0 aliphatic carbocycles. The lowest BCUT2D eigenvalue weighted by atomic mass is 10.2. The van der Waals surface area contributed by atoms with E-state index in [0.29, 0.717) is 30.5 Å². The SMILES string of the molecule is CN(C)c1ccc(Cn2nccc2NC(=O)CCc2nc(-c3ccncc3)no2)cc1. The summed E-state index contributed by atoms with van der Waals surface area (Å²) >= 11 is 0. The first kappa shape index (κ1) is 20.3. The van der Waals surface area contributed by atoms with Crippen molar-refractivity contribution in [2.45, 2.75) is 19.4 Å². The Balaban J connectivity index is 1.32. The lowest BCUT2D eigenvalue weighted by molar-refractivity contribution is -0.116. The molecule has 3 aromatic heterocycles. The zero-order valence-corrected chi connectivity index (χ0v) is 17.4. The molecule has 0 aliphatic rings. The van der Waals surface area contributed by atoms with Crippen LogP contribution in [0.15, 0.2) is 65.6 Å². The number of hydrogen-bond donors (Lipinski definition) is 1. The van der Waals surface area contributed by atoms with Crippen LogP contribution >= 0.6 is 0 Å². The van der Waals surface area contributed by atoms with E-state index in [1.54, 1.807) is 41.5 Å². The molecule has 0 saturated carbocycles. The normalized spacial score (nSPS) is 10.8. The summed E-state index contributed by atoms with van der Waals surface area (Å²) in [5.74, 6) is 1.39. The average molecular weight is 417 g/mol. The van der Waals surface area contributed by atoms with E-state index in [2.05, 4.69) is 49.8 Å². The number of carbonyl (C=O) groups excluding carboxylic acids is 1. The fraction of sp³-hybridized carbons (Fsp3) is 0.227. The van der Waals surface area contributed by atoms with Crippen molar-refractivity contribution in [1.29, 1.82) is 0 Å². The van der Waals surface area contributed by atoms with Gasteiger partial charge in [-0.15, -0.1) is 0 Å². The minimum Gasteiger partial charge on any atom is -0.378 e. The van der Waals surface area contributed by atoms with E-state index in [-0.39, 0.29) is 12.3 Å². The molecule has 0 bridgehead atoms. The van der Waals surface area contributed by atoms with Crippen molar-refractivity contribution in [3.05, 3.63) is 72.5 Å². The number of anilines is 2. The van der Waals surface area contributed by atoms with E-state index in [9.17, 15) is 4.79 Å². The van der Waals surface area contributed by atoms with Crippen LogP contribution in [0.4, 0.5) is 11.5 Å². The quantitative estimate of drug-likeness (QED) is 0.470. The van der Waals surface area contributed by atoms with Crippen LogP contribution in [0.1, 0.15) is 17.9 Å². The summed E-state index contributed by atoms with van der Waals surface area (Å²) < 4.78 is 7.01. The molecular formula is C22H23N7O2. The Bertz CT molecular complexity index is 1130. The van der Waals surface area contributed by atoms with Crippen LogP contribution in [0.5, 0.6) is 0 Å². The van der Waals surface area contributed by atoms with Crippen LogP contribution in [-0.2, 0) is 17.8 Å². The Morgan fingerprint density at radius 3 is 2.58 bits per heavy atom. The Kier molecular flexibility index (Phi) is 6.02. The summed E-state index contributed by atoms with van der Waals surface area (Å²) in [4.78, 5) is 22.8. The van der Waals surface area contributed by atoms with Gasteiger partial charge in [-0.2, -0.15) is 10.1 Å². The highest BCUT2D eigenvalue weighted by molar-refractivity contribution is 5.89. The van der Waals surface area contributed by atoms with Crippen molar-refractivity contribution in [2.75, 3.05) is 24.3 Å². The molecule has 0 atom stereocenters. The Morgan fingerprint density at radius 1 is 1.06 bits per heavy atom. The molecule has 4 rings (SSSR count). The number of nitrogens with zero attached hydrogens (tertiary/aromatic N) is 6. The van der Waals surface area contributed by atoms with Crippen molar-refractivity contribution in [2.24, 2.45) is 0 Å². The van der Waals surface area contributed by atoms with E-state index in [0.717, 1.165) is 16.8 Å². The fourth-order valence-electron chi connectivity index (χ4n) is 3.04. The van der Waals surface area contributed by atoms with Gasteiger partial charge in [0.15, 0.2) is 0 Å². The van der Waals surface area contributed by atoms with Gasteiger partial charge in [-0.3, -0.25) is 9.78 Å². The Labute approximate surface area is 179 Å². The average Bonchev–Trinajstić information content (AvgIpc) is 3.43. The smallest absolute Gasteiger partial charge is 0.227 e. The Morgan fingerprint density at radius 2 is 1.84 bits per heavy atom. The number of nitrogens with one attached hydrogen (secondary N) is 1. The van der Waals surface area contributed by atoms with Gasteiger partial charge in [0.2, 0.25) is 17.6 Å². The minimum absolute atomic E-state index is 0.145. The number of rotatable bonds is 8. The predicted molar refractivity (Wildman–Crippen MR) is 117 cm³/mol. The van der Waals surface area contributed by atoms with Gasteiger partial charge < -0.3 is 14.7 Å². The van der Waals surface area contributed by atoms with Crippen molar-refractivity contribution in [1.82, 2.24) is 24.9 Å². The molecule has 158 valence electrons. The lowest BCUT2D eigenvalue weighted by Crippen LogP contribution is -2.16. The van der Waals surface area contributed by atoms with Gasteiger partial charge in [0.05, 0.1) is 12.7 Å².